The summed E-state index contributed by atoms with van der Waals surface area (Å²) in [5.41, 5.74) is 3.12. The first-order valence-electron chi connectivity index (χ1n) is 12.9. The Morgan fingerprint density at radius 2 is 1.73 bits per heavy atom. The molecule has 1 aliphatic rings. The van der Waals surface area contributed by atoms with Gasteiger partial charge < -0.3 is 14.2 Å². The van der Waals surface area contributed by atoms with Crippen LogP contribution in [0.4, 0.5) is 4.79 Å². The van der Waals surface area contributed by atoms with Crippen molar-refractivity contribution in [3.05, 3.63) is 92.8 Å². The van der Waals surface area contributed by atoms with E-state index in [1.54, 1.807) is 48.5 Å². The number of carbonyl (C=O) groups is 3. The average molecular weight is 580 g/mol. The zero-order valence-electron chi connectivity index (χ0n) is 22.7. The predicted molar refractivity (Wildman–Crippen MR) is 157 cm³/mol. The van der Waals surface area contributed by atoms with E-state index in [4.69, 9.17) is 25.8 Å². The Kier molecular flexibility index (Phi) is 9.55. The molecule has 0 bridgehead atoms. The third-order valence-electron chi connectivity index (χ3n) is 6.09. The predicted octanol–water partition coefficient (Wildman–Crippen LogP) is 7.51. The molecule has 40 heavy (non-hydrogen) atoms. The van der Waals surface area contributed by atoms with Crippen molar-refractivity contribution in [1.29, 1.82) is 0 Å². The minimum Gasteiger partial charge on any atom is -0.491 e. The highest BCUT2D eigenvalue weighted by Crippen LogP contribution is 2.35. The highest BCUT2D eigenvalue weighted by atomic mass is 35.5. The second kappa shape index (κ2) is 13.1. The quantitative estimate of drug-likeness (QED) is 0.140. The summed E-state index contributed by atoms with van der Waals surface area (Å²) < 4.78 is 17.2. The summed E-state index contributed by atoms with van der Waals surface area (Å²) in [5, 5.41) is 0.158. The number of hydrogen-bond acceptors (Lipinski definition) is 7. The fourth-order valence-electron chi connectivity index (χ4n) is 4.05. The van der Waals surface area contributed by atoms with Gasteiger partial charge in [0.15, 0.2) is 11.5 Å². The van der Waals surface area contributed by atoms with Gasteiger partial charge in [0.05, 0.1) is 23.6 Å². The van der Waals surface area contributed by atoms with Crippen LogP contribution in [0.5, 0.6) is 17.2 Å². The number of rotatable bonds is 10. The van der Waals surface area contributed by atoms with Crippen molar-refractivity contribution in [2.45, 2.75) is 33.6 Å². The van der Waals surface area contributed by atoms with Crippen molar-refractivity contribution in [2.24, 2.45) is 0 Å². The topological polar surface area (TPSA) is 82.1 Å². The van der Waals surface area contributed by atoms with Crippen LogP contribution in [0.3, 0.4) is 0 Å². The molecule has 0 unspecified atom stereocenters. The Bertz CT molecular complexity index is 1450. The minimum atomic E-state index is -0.556. The number of ether oxygens (including phenoxy) is 3. The van der Waals surface area contributed by atoms with Crippen LogP contribution < -0.4 is 14.2 Å². The van der Waals surface area contributed by atoms with E-state index in [9.17, 15) is 14.4 Å². The van der Waals surface area contributed by atoms with Crippen LogP contribution in [0.1, 0.15) is 53.7 Å². The Labute approximate surface area is 243 Å². The van der Waals surface area contributed by atoms with Gasteiger partial charge in [0.2, 0.25) is 0 Å². The van der Waals surface area contributed by atoms with Crippen LogP contribution in [0, 0.1) is 6.92 Å². The summed E-state index contributed by atoms with van der Waals surface area (Å²) >= 11 is 6.77. The zero-order valence-corrected chi connectivity index (χ0v) is 24.3. The normalized spacial score (nSPS) is 14.2. The van der Waals surface area contributed by atoms with Crippen molar-refractivity contribution in [2.75, 3.05) is 19.8 Å². The molecular formula is C31H30ClNO6S. The van der Waals surface area contributed by atoms with Gasteiger partial charge in [-0.3, -0.25) is 14.5 Å². The number of amides is 2. The van der Waals surface area contributed by atoms with Gasteiger partial charge in [-0.1, -0.05) is 43.6 Å². The maximum Gasteiger partial charge on any atom is 0.343 e. The second-order valence-corrected chi connectivity index (χ2v) is 10.8. The smallest absolute Gasteiger partial charge is 0.343 e. The molecule has 208 valence electrons. The van der Waals surface area contributed by atoms with Crippen LogP contribution in [0.15, 0.2) is 65.6 Å². The lowest BCUT2D eigenvalue weighted by Crippen LogP contribution is -2.32. The number of esters is 1. The van der Waals surface area contributed by atoms with Crippen molar-refractivity contribution in [3.63, 3.8) is 0 Å². The summed E-state index contributed by atoms with van der Waals surface area (Å²) in [6, 6.07) is 17.4. The molecule has 4 rings (SSSR count). The van der Waals surface area contributed by atoms with Crippen molar-refractivity contribution in [1.82, 2.24) is 4.90 Å². The monoisotopic (exact) mass is 579 g/mol. The van der Waals surface area contributed by atoms with Gasteiger partial charge in [-0.15, -0.1) is 0 Å². The largest absolute Gasteiger partial charge is 0.491 e. The lowest BCUT2D eigenvalue weighted by atomic mass is 10.0. The van der Waals surface area contributed by atoms with Crippen LogP contribution in [0.25, 0.3) is 6.08 Å². The molecular weight excluding hydrogens is 550 g/mol. The first-order valence-corrected chi connectivity index (χ1v) is 14.1. The fraction of sp³-hybridized carbons (Fsp3) is 0.258. The highest BCUT2D eigenvalue weighted by Gasteiger charge is 2.35. The molecule has 0 atom stereocenters. The number of carbonyl (C=O) groups excluding carboxylic acids is 3. The summed E-state index contributed by atoms with van der Waals surface area (Å²) in [4.78, 5) is 39.7. The lowest BCUT2D eigenvalue weighted by molar-refractivity contribution is -0.123. The van der Waals surface area contributed by atoms with E-state index >= 15 is 0 Å². The van der Waals surface area contributed by atoms with Gasteiger partial charge in [0.1, 0.15) is 12.4 Å². The van der Waals surface area contributed by atoms with Gasteiger partial charge in [-0.25, -0.2) is 4.79 Å². The molecule has 0 radical (unpaired) electrons. The minimum absolute atomic E-state index is 0.136. The molecule has 3 aromatic carbocycles. The SMILES string of the molecule is CCOc1cc(/C=C2\SC(=O)N(CCOc3cc(C)ccc3C(C)C)C2=O)ccc1OC(=O)c1ccc(Cl)cc1. The molecule has 3 aromatic rings. The third kappa shape index (κ3) is 7.06. The van der Waals surface area contributed by atoms with Gasteiger partial charge in [0, 0.05) is 5.02 Å². The zero-order chi connectivity index (χ0) is 28.8. The van der Waals surface area contributed by atoms with Crippen LogP contribution >= 0.6 is 23.4 Å². The number of aryl methyl sites for hydroxylation is 1. The maximum atomic E-state index is 13.0. The van der Waals surface area contributed by atoms with Crippen molar-refractivity contribution >= 4 is 46.6 Å². The van der Waals surface area contributed by atoms with Crippen molar-refractivity contribution in [3.8, 4) is 17.2 Å². The molecule has 1 heterocycles. The third-order valence-corrected chi connectivity index (χ3v) is 7.24. The standard InChI is InChI=1S/C31H30ClNO6S/c1-5-37-27-17-21(7-13-25(27)39-30(35)22-8-10-23(32)11-9-22)18-28-29(34)33(31(36)40-28)14-15-38-26-16-20(4)6-12-24(26)19(2)3/h6-13,16-19H,5,14-15H2,1-4H3/b28-18-. The van der Waals surface area contributed by atoms with E-state index in [0.717, 1.165) is 28.6 Å². The van der Waals surface area contributed by atoms with E-state index in [0.29, 0.717) is 28.5 Å². The van der Waals surface area contributed by atoms with Crippen molar-refractivity contribution < 1.29 is 28.6 Å². The van der Waals surface area contributed by atoms with Crippen LogP contribution in [-0.4, -0.2) is 41.8 Å². The molecule has 1 saturated heterocycles. The van der Waals surface area contributed by atoms with E-state index in [2.05, 4.69) is 13.8 Å². The van der Waals surface area contributed by atoms with Gasteiger partial charge >= 0.3 is 5.97 Å². The van der Waals surface area contributed by atoms with E-state index < -0.39 is 5.97 Å². The molecule has 2 amide bonds. The molecule has 1 aliphatic heterocycles. The molecule has 9 heteroatoms. The molecule has 7 nitrogen and oxygen atoms in total. The molecule has 0 aromatic heterocycles. The van der Waals surface area contributed by atoms with Gasteiger partial charge in [-0.05, 0) is 96.8 Å². The first kappa shape index (κ1) is 29.2. The number of nitrogens with zero attached hydrogens (tertiary/aromatic N) is 1. The average Bonchev–Trinajstić information content (AvgIpc) is 3.17. The summed E-state index contributed by atoms with van der Waals surface area (Å²) in [6.45, 7) is 8.65. The van der Waals surface area contributed by atoms with E-state index in [1.165, 1.54) is 4.90 Å². The number of hydrogen-bond donors (Lipinski definition) is 0. The van der Waals surface area contributed by atoms with Crippen LogP contribution in [0.2, 0.25) is 5.02 Å². The summed E-state index contributed by atoms with van der Waals surface area (Å²) in [7, 11) is 0. The van der Waals surface area contributed by atoms with E-state index in [1.807, 2.05) is 32.0 Å². The second-order valence-electron chi connectivity index (χ2n) is 9.41. The molecule has 1 fully saturated rings. The van der Waals surface area contributed by atoms with Gasteiger partial charge in [-0.2, -0.15) is 0 Å². The summed E-state index contributed by atoms with van der Waals surface area (Å²) in [5.74, 6) is 0.678. The number of thioether (sulfide) groups is 1. The number of imide groups is 1. The van der Waals surface area contributed by atoms with E-state index in [-0.39, 0.29) is 40.9 Å². The number of halogens is 1. The highest BCUT2D eigenvalue weighted by molar-refractivity contribution is 8.18. The fourth-order valence-corrected chi connectivity index (χ4v) is 5.04. The number of benzene rings is 3. The Balaban J connectivity index is 1.45. The molecule has 0 saturated carbocycles. The molecule has 0 N–H and O–H groups in total. The summed E-state index contributed by atoms with van der Waals surface area (Å²) in [6.07, 6.45) is 1.62. The molecule has 0 spiro atoms. The Hall–Kier alpha value is -3.75. The van der Waals surface area contributed by atoms with Crippen LogP contribution in [-0.2, 0) is 4.79 Å². The maximum absolute atomic E-state index is 13.0. The Morgan fingerprint density at radius 3 is 2.42 bits per heavy atom. The molecule has 0 aliphatic carbocycles. The first-order chi connectivity index (χ1) is 19.2. The van der Waals surface area contributed by atoms with Gasteiger partial charge in [0.25, 0.3) is 11.1 Å². The lowest BCUT2D eigenvalue weighted by Gasteiger charge is -2.17. The Morgan fingerprint density at radius 1 is 0.975 bits per heavy atom.